The van der Waals surface area contributed by atoms with Gasteiger partial charge in [0.15, 0.2) is 11.6 Å². The van der Waals surface area contributed by atoms with Crippen LogP contribution in [0.2, 0.25) is 0 Å². The van der Waals surface area contributed by atoms with Crippen LogP contribution in [0, 0.1) is 0 Å². The fraction of sp³-hybridized carbons (Fsp3) is 0.682. The monoisotopic (exact) mass is 423 g/mol. The van der Waals surface area contributed by atoms with E-state index < -0.39 is 17.7 Å². The van der Waals surface area contributed by atoms with Crippen molar-refractivity contribution in [2.75, 3.05) is 13.2 Å². The third kappa shape index (κ3) is 7.21. The molecular weight excluding hydrogens is 390 g/mol. The van der Waals surface area contributed by atoms with Gasteiger partial charge in [0.1, 0.15) is 12.7 Å². The van der Waals surface area contributed by atoms with E-state index in [4.69, 9.17) is 23.7 Å². The first-order chi connectivity index (χ1) is 14.1. The lowest BCUT2D eigenvalue weighted by Gasteiger charge is -2.28. The number of carbonyl (C=O) groups is 1. The van der Waals surface area contributed by atoms with Gasteiger partial charge in [0.05, 0.1) is 25.4 Å². The Kier molecular flexibility index (Phi) is 7.36. The van der Waals surface area contributed by atoms with Crippen LogP contribution in [0.1, 0.15) is 46.1 Å². The number of benzene rings is 1. The van der Waals surface area contributed by atoms with Crippen molar-refractivity contribution in [3.05, 3.63) is 35.9 Å². The zero-order valence-electron chi connectivity index (χ0n) is 18.1. The Morgan fingerprint density at radius 2 is 1.93 bits per heavy atom. The standard InChI is InChI=1S/C22H33NO7/c1-21(2,25)30-19-11-16(23-20(24)27-12-15-8-6-5-7-9-15)10-18(19)26-13-17-14-28-22(3,4)29-17/h5-9,16-19,25H,10-14H2,1-4H3,(H,23,24). The van der Waals surface area contributed by atoms with Gasteiger partial charge in [-0.2, -0.15) is 0 Å². The summed E-state index contributed by atoms with van der Waals surface area (Å²) in [7, 11) is 0. The summed E-state index contributed by atoms with van der Waals surface area (Å²) in [5, 5.41) is 13.0. The highest BCUT2D eigenvalue weighted by Gasteiger charge is 2.41. The van der Waals surface area contributed by atoms with Crippen molar-refractivity contribution < 1.29 is 33.6 Å². The van der Waals surface area contributed by atoms with Crippen LogP contribution in [0.3, 0.4) is 0 Å². The van der Waals surface area contributed by atoms with Crippen LogP contribution >= 0.6 is 0 Å². The Bertz CT molecular complexity index is 688. The third-order valence-electron chi connectivity index (χ3n) is 4.99. The molecule has 1 aliphatic heterocycles. The molecule has 3 rings (SSSR count). The molecule has 1 aromatic rings. The van der Waals surface area contributed by atoms with E-state index in [1.54, 1.807) is 13.8 Å². The molecule has 1 saturated heterocycles. The number of hydrogen-bond acceptors (Lipinski definition) is 7. The predicted molar refractivity (Wildman–Crippen MR) is 109 cm³/mol. The average molecular weight is 424 g/mol. The third-order valence-corrected chi connectivity index (χ3v) is 4.99. The van der Waals surface area contributed by atoms with Gasteiger partial charge in [-0.15, -0.1) is 0 Å². The van der Waals surface area contributed by atoms with E-state index in [1.165, 1.54) is 0 Å². The van der Waals surface area contributed by atoms with E-state index in [0.717, 1.165) is 5.56 Å². The molecule has 168 valence electrons. The smallest absolute Gasteiger partial charge is 0.407 e. The highest BCUT2D eigenvalue weighted by atomic mass is 16.7. The van der Waals surface area contributed by atoms with Gasteiger partial charge in [-0.25, -0.2) is 4.79 Å². The van der Waals surface area contributed by atoms with Gasteiger partial charge < -0.3 is 34.1 Å². The molecule has 1 amide bonds. The van der Waals surface area contributed by atoms with Crippen LogP contribution in [0.5, 0.6) is 0 Å². The van der Waals surface area contributed by atoms with Crippen LogP contribution in [0.25, 0.3) is 0 Å². The van der Waals surface area contributed by atoms with E-state index in [1.807, 2.05) is 44.2 Å². The summed E-state index contributed by atoms with van der Waals surface area (Å²) in [4.78, 5) is 12.2. The first-order valence-corrected chi connectivity index (χ1v) is 10.4. The van der Waals surface area contributed by atoms with E-state index in [9.17, 15) is 9.90 Å². The molecule has 1 aliphatic carbocycles. The van der Waals surface area contributed by atoms with Gasteiger partial charge in [-0.1, -0.05) is 30.3 Å². The van der Waals surface area contributed by atoms with Crippen LogP contribution < -0.4 is 5.32 Å². The first-order valence-electron chi connectivity index (χ1n) is 10.4. The lowest BCUT2D eigenvalue weighted by atomic mass is 10.2. The van der Waals surface area contributed by atoms with E-state index in [2.05, 4.69) is 5.32 Å². The summed E-state index contributed by atoms with van der Waals surface area (Å²) in [6.07, 6.45) is -0.227. The molecule has 0 radical (unpaired) electrons. The van der Waals surface area contributed by atoms with Crippen molar-refractivity contribution in [2.45, 2.75) is 83.1 Å². The molecule has 8 nitrogen and oxygen atoms in total. The van der Waals surface area contributed by atoms with Gasteiger partial charge >= 0.3 is 6.09 Å². The van der Waals surface area contributed by atoms with Crippen molar-refractivity contribution in [3.63, 3.8) is 0 Å². The molecule has 2 N–H and O–H groups in total. The highest BCUT2D eigenvalue weighted by molar-refractivity contribution is 5.67. The topological polar surface area (TPSA) is 95.5 Å². The van der Waals surface area contributed by atoms with Crippen LogP contribution in [-0.4, -0.2) is 60.3 Å². The van der Waals surface area contributed by atoms with Gasteiger partial charge in [0.25, 0.3) is 0 Å². The minimum atomic E-state index is -1.30. The van der Waals surface area contributed by atoms with E-state index in [0.29, 0.717) is 26.1 Å². The van der Waals surface area contributed by atoms with Crippen molar-refractivity contribution >= 4 is 6.09 Å². The minimum absolute atomic E-state index is 0.161. The Hall–Kier alpha value is -1.71. The van der Waals surface area contributed by atoms with Crippen molar-refractivity contribution in [3.8, 4) is 0 Å². The Morgan fingerprint density at radius 3 is 2.57 bits per heavy atom. The van der Waals surface area contributed by atoms with Gasteiger partial charge in [-0.3, -0.25) is 0 Å². The molecular formula is C22H33NO7. The maximum atomic E-state index is 12.2. The normalized spacial score (nSPS) is 28.4. The number of ether oxygens (including phenoxy) is 5. The number of amides is 1. The number of carbonyl (C=O) groups excluding carboxylic acids is 1. The first kappa shape index (κ1) is 23.0. The summed E-state index contributed by atoms with van der Waals surface area (Å²) in [5.41, 5.74) is 0.922. The van der Waals surface area contributed by atoms with E-state index >= 15 is 0 Å². The molecule has 8 heteroatoms. The average Bonchev–Trinajstić information content (AvgIpc) is 3.19. The molecule has 4 unspecified atom stereocenters. The molecule has 1 heterocycles. The molecule has 2 aliphatic rings. The zero-order valence-corrected chi connectivity index (χ0v) is 18.1. The second-order valence-corrected chi connectivity index (χ2v) is 8.80. The maximum absolute atomic E-state index is 12.2. The predicted octanol–water partition coefficient (Wildman–Crippen LogP) is 2.73. The lowest BCUT2D eigenvalue weighted by Crippen LogP contribution is -2.37. The zero-order chi connectivity index (χ0) is 21.8. The second kappa shape index (κ2) is 9.62. The van der Waals surface area contributed by atoms with Crippen molar-refractivity contribution in [2.24, 2.45) is 0 Å². The summed E-state index contributed by atoms with van der Waals surface area (Å²) in [5.74, 6) is -1.91. The molecule has 0 spiro atoms. The molecule has 30 heavy (non-hydrogen) atoms. The van der Waals surface area contributed by atoms with E-state index in [-0.39, 0.29) is 31.0 Å². The van der Waals surface area contributed by atoms with Crippen molar-refractivity contribution in [1.82, 2.24) is 5.32 Å². The second-order valence-electron chi connectivity index (χ2n) is 8.80. The Labute approximate surface area is 177 Å². The van der Waals surface area contributed by atoms with Crippen LogP contribution in [-0.2, 0) is 30.3 Å². The summed E-state index contributed by atoms with van der Waals surface area (Å²) >= 11 is 0. The maximum Gasteiger partial charge on any atom is 0.407 e. The Balaban J connectivity index is 1.50. The largest absolute Gasteiger partial charge is 0.445 e. The minimum Gasteiger partial charge on any atom is -0.445 e. The van der Waals surface area contributed by atoms with Gasteiger partial charge in [-0.05, 0) is 46.1 Å². The summed E-state index contributed by atoms with van der Waals surface area (Å²) in [6.45, 7) is 7.91. The van der Waals surface area contributed by atoms with Gasteiger partial charge in [0, 0.05) is 6.04 Å². The number of nitrogens with one attached hydrogen (secondary N) is 1. The lowest BCUT2D eigenvalue weighted by molar-refractivity contribution is -0.226. The quantitative estimate of drug-likeness (QED) is 0.621. The highest BCUT2D eigenvalue weighted by Crippen LogP contribution is 2.30. The number of alkyl carbamates (subject to hydrolysis) is 1. The summed E-state index contributed by atoms with van der Waals surface area (Å²) in [6, 6.07) is 9.33. The molecule has 4 atom stereocenters. The van der Waals surface area contributed by atoms with Crippen LogP contribution in [0.15, 0.2) is 30.3 Å². The van der Waals surface area contributed by atoms with Crippen LogP contribution in [0.4, 0.5) is 4.79 Å². The van der Waals surface area contributed by atoms with Crippen molar-refractivity contribution in [1.29, 1.82) is 0 Å². The molecule has 1 aromatic carbocycles. The molecule has 1 saturated carbocycles. The summed E-state index contributed by atoms with van der Waals surface area (Å²) < 4.78 is 28.5. The SMILES string of the molecule is CC(C)(O)OC1CC(NC(=O)OCc2ccccc2)CC1OCC1COC(C)(C)O1. The van der Waals surface area contributed by atoms with Gasteiger partial charge in [0.2, 0.25) is 0 Å². The molecule has 0 bridgehead atoms. The number of rotatable bonds is 8. The Morgan fingerprint density at radius 1 is 1.23 bits per heavy atom. The molecule has 2 fully saturated rings. The number of aliphatic hydroxyl groups is 1. The fourth-order valence-electron chi connectivity index (χ4n) is 3.76. The number of hydrogen-bond donors (Lipinski definition) is 2. The fourth-order valence-corrected chi connectivity index (χ4v) is 3.76. The molecule has 0 aromatic heterocycles.